The van der Waals surface area contributed by atoms with Crippen molar-refractivity contribution >= 4 is 35.2 Å². The summed E-state index contributed by atoms with van der Waals surface area (Å²) >= 11 is 1.47. The summed E-state index contributed by atoms with van der Waals surface area (Å²) in [5.41, 5.74) is 3.21. The van der Waals surface area contributed by atoms with Crippen molar-refractivity contribution in [1.29, 1.82) is 0 Å². The Labute approximate surface area is 164 Å². The summed E-state index contributed by atoms with van der Waals surface area (Å²) in [6.45, 7) is 11.1. The second-order valence-corrected chi connectivity index (χ2v) is 7.24. The van der Waals surface area contributed by atoms with Crippen LogP contribution in [0.5, 0.6) is 0 Å². The third kappa shape index (κ3) is 4.82. The molecule has 142 valence electrons. The van der Waals surface area contributed by atoms with Gasteiger partial charge in [0.2, 0.25) is 0 Å². The number of thiazole rings is 1. The minimum atomic E-state index is 0. The van der Waals surface area contributed by atoms with E-state index >= 15 is 0 Å². The molecule has 1 saturated heterocycles. The topological polar surface area (TPSA) is 46.8 Å². The number of halogens is 1. The summed E-state index contributed by atoms with van der Waals surface area (Å²) < 4.78 is 7.49. The van der Waals surface area contributed by atoms with Gasteiger partial charge in [-0.15, -0.1) is 12.4 Å². The lowest BCUT2D eigenvalue weighted by Crippen LogP contribution is -2.35. The highest BCUT2D eigenvalue weighted by Gasteiger charge is 2.13. The van der Waals surface area contributed by atoms with E-state index < -0.39 is 0 Å². The van der Waals surface area contributed by atoms with E-state index in [9.17, 15) is 4.79 Å². The van der Waals surface area contributed by atoms with Gasteiger partial charge in [-0.3, -0.25) is 9.69 Å². The van der Waals surface area contributed by atoms with Crippen molar-refractivity contribution in [2.45, 2.75) is 33.9 Å². The van der Waals surface area contributed by atoms with Gasteiger partial charge in [0.15, 0.2) is 10.6 Å². The number of ether oxygens (including phenoxy) is 1. The molecule has 3 rings (SSSR count). The largest absolute Gasteiger partial charge is 0.379 e. The van der Waals surface area contributed by atoms with Crippen molar-refractivity contribution in [3.8, 4) is 0 Å². The summed E-state index contributed by atoms with van der Waals surface area (Å²) in [5.74, 6) is 0.104. The second-order valence-electron chi connectivity index (χ2n) is 6.27. The SMILES string of the molecule is CCn1c(C)c(C(C)=O)sc1=Nc1ccc(CN2CCOCC2)cc1.Cl. The monoisotopic (exact) mass is 395 g/mol. The number of morpholine rings is 1. The highest BCUT2D eigenvalue weighted by atomic mass is 35.5. The molecular formula is C19H26ClN3O2S. The first-order valence-corrected chi connectivity index (χ1v) is 9.55. The van der Waals surface area contributed by atoms with Gasteiger partial charge < -0.3 is 9.30 Å². The Bertz CT molecular complexity index is 805. The van der Waals surface area contributed by atoms with Gasteiger partial charge in [0.25, 0.3) is 0 Å². The molecule has 1 fully saturated rings. The Morgan fingerprint density at radius 1 is 1.23 bits per heavy atom. The molecule has 1 aliphatic heterocycles. The van der Waals surface area contributed by atoms with E-state index in [2.05, 4.69) is 40.7 Å². The van der Waals surface area contributed by atoms with Crippen molar-refractivity contribution in [1.82, 2.24) is 9.47 Å². The van der Waals surface area contributed by atoms with Gasteiger partial charge in [0.05, 0.1) is 23.8 Å². The molecule has 0 saturated carbocycles. The maximum absolute atomic E-state index is 11.8. The van der Waals surface area contributed by atoms with Crippen molar-refractivity contribution in [3.05, 3.63) is 45.2 Å². The Hall–Kier alpha value is -1.47. The molecule has 7 heteroatoms. The predicted octanol–water partition coefficient (Wildman–Crippen LogP) is 3.57. The van der Waals surface area contributed by atoms with Gasteiger partial charge in [-0.2, -0.15) is 0 Å². The van der Waals surface area contributed by atoms with Gasteiger partial charge in [0.1, 0.15) is 0 Å². The Balaban J connectivity index is 0.00000243. The van der Waals surface area contributed by atoms with Crippen molar-refractivity contribution in [3.63, 3.8) is 0 Å². The molecular weight excluding hydrogens is 370 g/mol. The zero-order valence-corrected chi connectivity index (χ0v) is 17.2. The highest BCUT2D eigenvalue weighted by molar-refractivity contribution is 7.11. The molecule has 2 heterocycles. The minimum absolute atomic E-state index is 0. The third-order valence-corrected chi connectivity index (χ3v) is 5.75. The van der Waals surface area contributed by atoms with E-state index in [0.29, 0.717) is 0 Å². The van der Waals surface area contributed by atoms with Crippen molar-refractivity contribution in [2.75, 3.05) is 26.3 Å². The van der Waals surface area contributed by atoms with Crippen LogP contribution in [0.1, 0.15) is 34.8 Å². The van der Waals surface area contributed by atoms with Crippen LogP contribution in [0.15, 0.2) is 29.3 Å². The Kier molecular flexibility index (Phi) is 7.58. The number of ketones is 1. The first kappa shape index (κ1) is 20.8. The number of carbonyl (C=O) groups is 1. The summed E-state index contributed by atoms with van der Waals surface area (Å²) in [4.78, 5) is 20.6. The van der Waals surface area contributed by atoms with Crippen LogP contribution in [0.2, 0.25) is 0 Å². The second kappa shape index (κ2) is 9.46. The average Bonchev–Trinajstić information content (AvgIpc) is 2.93. The number of nitrogens with zero attached hydrogens (tertiary/aromatic N) is 3. The number of hydrogen-bond acceptors (Lipinski definition) is 5. The molecule has 0 unspecified atom stereocenters. The number of benzene rings is 1. The fraction of sp³-hybridized carbons (Fsp3) is 0.474. The summed E-state index contributed by atoms with van der Waals surface area (Å²) in [5, 5.41) is 0. The molecule has 0 aliphatic carbocycles. The molecule has 5 nitrogen and oxygen atoms in total. The lowest BCUT2D eigenvalue weighted by molar-refractivity contribution is 0.0342. The molecule has 0 atom stereocenters. The first-order chi connectivity index (χ1) is 12.1. The summed E-state index contributed by atoms with van der Waals surface area (Å²) in [6, 6.07) is 8.38. The normalized spacial score (nSPS) is 15.7. The quantitative estimate of drug-likeness (QED) is 0.727. The van der Waals surface area contributed by atoms with Crippen molar-refractivity contribution in [2.24, 2.45) is 4.99 Å². The van der Waals surface area contributed by atoms with Crippen LogP contribution < -0.4 is 4.80 Å². The molecule has 0 spiro atoms. The number of aromatic nitrogens is 1. The van der Waals surface area contributed by atoms with E-state index in [-0.39, 0.29) is 18.2 Å². The summed E-state index contributed by atoms with van der Waals surface area (Å²) in [6.07, 6.45) is 0. The molecule has 0 radical (unpaired) electrons. The number of rotatable bonds is 5. The first-order valence-electron chi connectivity index (χ1n) is 8.73. The van der Waals surface area contributed by atoms with Gasteiger partial charge >= 0.3 is 0 Å². The molecule has 0 N–H and O–H groups in total. The van der Waals surface area contributed by atoms with E-state index in [4.69, 9.17) is 9.73 Å². The van der Waals surface area contributed by atoms with Crippen LogP contribution in [-0.4, -0.2) is 41.6 Å². The van der Waals surface area contributed by atoms with Gasteiger partial charge in [-0.05, 0) is 31.5 Å². The molecule has 0 bridgehead atoms. The van der Waals surface area contributed by atoms with Gasteiger partial charge in [-0.1, -0.05) is 23.5 Å². The zero-order chi connectivity index (χ0) is 17.8. The molecule has 26 heavy (non-hydrogen) atoms. The van der Waals surface area contributed by atoms with E-state index in [1.807, 2.05) is 6.92 Å². The van der Waals surface area contributed by atoms with Crippen LogP contribution in [0.25, 0.3) is 0 Å². The van der Waals surface area contributed by atoms with E-state index in [0.717, 1.165) is 60.5 Å². The lowest BCUT2D eigenvalue weighted by atomic mass is 10.2. The third-order valence-electron chi connectivity index (χ3n) is 4.46. The number of Topliss-reactive ketones (excluding diaryl/α,β-unsaturated/α-hetero) is 1. The number of hydrogen-bond donors (Lipinski definition) is 0. The van der Waals surface area contributed by atoms with Crippen LogP contribution in [0.3, 0.4) is 0 Å². The van der Waals surface area contributed by atoms with E-state index in [1.165, 1.54) is 16.9 Å². The fourth-order valence-corrected chi connectivity index (χ4v) is 4.18. The van der Waals surface area contributed by atoms with Crippen LogP contribution in [0.4, 0.5) is 5.69 Å². The molecule has 1 aromatic carbocycles. The summed E-state index contributed by atoms with van der Waals surface area (Å²) in [7, 11) is 0. The standard InChI is InChI=1S/C19H25N3O2S.ClH/c1-4-22-14(2)18(15(3)23)25-19(22)20-17-7-5-16(6-8-17)13-21-9-11-24-12-10-21;/h5-8H,4,9-13H2,1-3H3;1H. The zero-order valence-electron chi connectivity index (χ0n) is 15.5. The average molecular weight is 396 g/mol. The van der Waals surface area contributed by atoms with Crippen LogP contribution >= 0.6 is 23.7 Å². The van der Waals surface area contributed by atoms with Crippen molar-refractivity contribution < 1.29 is 9.53 Å². The minimum Gasteiger partial charge on any atom is -0.379 e. The van der Waals surface area contributed by atoms with Crippen LogP contribution in [0, 0.1) is 6.92 Å². The highest BCUT2D eigenvalue weighted by Crippen LogP contribution is 2.17. The molecule has 0 amide bonds. The predicted molar refractivity (Wildman–Crippen MR) is 108 cm³/mol. The van der Waals surface area contributed by atoms with Gasteiger partial charge in [-0.25, -0.2) is 4.99 Å². The fourth-order valence-electron chi connectivity index (χ4n) is 3.07. The smallest absolute Gasteiger partial charge is 0.190 e. The maximum atomic E-state index is 11.8. The number of carbonyl (C=O) groups excluding carboxylic acids is 1. The van der Waals surface area contributed by atoms with Crippen LogP contribution in [-0.2, 0) is 17.8 Å². The Morgan fingerprint density at radius 2 is 1.88 bits per heavy atom. The maximum Gasteiger partial charge on any atom is 0.190 e. The molecule has 1 aromatic heterocycles. The molecule has 2 aromatic rings. The van der Waals surface area contributed by atoms with Gasteiger partial charge in [0, 0.05) is 38.8 Å². The Morgan fingerprint density at radius 3 is 2.46 bits per heavy atom. The van der Waals surface area contributed by atoms with E-state index in [1.54, 1.807) is 6.92 Å². The lowest BCUT2D eigenvalue weighted by Gasteiger charge is -2.26. The molecule has 1 aliphatic rings.